The van der Waals surface area contributed by atoms with Crippen LogP contribution in [0.1, 0.15) is 22.9 Å². The lowest BCUT2D eigenvalue weighted by atomic mass is 9.95. The van der Waals surface area contributed by atoms with Gasteiger partial charge >= 0.3 is 0 Å². The summed E-state index contributed by atoms with van der Waals surface area (Å²) >= 11 is 5.97. The Morgan fingerprint density at radius 2 is 1.72 bits per heavy atom. The number of Topliss-reactive ketones (excluding diaryl/α,β-unsaturated/α-hetero) is 1. The number of halogens is 1. The monoisotopic (exact) mass is 447 g/mol. The van der Waals surface area contributed by atoms with Gasteiger partial charge in [-0.15, -0.1) is 0 Å². The number of anilines is 1. The van der Waals surface area contributed by atoms with Crippen LogP contribution in [0.2, 0.25) is 5.02 Å². The number of hydrogen-bond acceptors (Lipinski definition) is 5. The fraction of sp³-hybridized carbons (Fsp3) is 0.160. The van der Waals surface area contributed by atoms with Crippen molar-refractivity contribution in [2.75, 3.05) is 19.0 Å². The summed E-state index contributed by atoms with van der Waals surface area (Å²) in [6, 6.07) is 18.7. The van der Waals surface area contributed by atoms with Crippen LogP contribution in [0, 0.1) is 0 Å². The smallest absolute Gasteiger partial charge is 0.296 e. The Hall–Kier alpha value is -3.64. The number of carbonyl (C=O) groups is 2. The molecule has 1 fully saturated rings. The van der Waals surface area contributed by atoms with E-state index < -0.39 is 17.7 Å². The van der Waals surface area contributed by atoms with Crippen LogP contribution < -0.4 is 4.90 Å². The van der Waals surface area contributed by atoms with Crippen LogP contribution >= 0.6 is 11.6 Å². The van der Waals surface area contributed by atoms with E-state index in [1.165, 1.54) is 4.90 Å². The van der Waals surface area contributed by atoms with E-state index >= 15 is 0 Å². The second-order valence-corrected chi connectivity index (χ2v) is 8.18. The fourth-order valence-corrected chi connectivity index (χ4v) is 3.90. The average Bonchev–Trinajstić information content (AvgIpc) is 3.05. The molecule has 1 aliphatic heterocycles. The first kappa shape index (κ1) is 21.6. The van der Waals surface area contributed by atoms with Crippen molar-refractivity contribution in [1.29, 1.82) is 0 Å². The fourth-order valence-electron chi connectivity index (χ4n) is 3.77. The van der Waals surface area contributed by atoms with Crippen molar-refractivity contribution in [1.82, 2.24) is 9.88 Å². The quantitative estimate of drug-likeness (QED) is 0.356. The molecular formula is C25H22ClN3O3. The van der Waals surface area contributed by atoms with Crippen molar-refractivity contribution < 1.29 is 14.7 Å². The topological polar surface area (TPSA) is 73.7 Å². The van der Waals surface area contributed by atoms with Gasteiger partial charge in [0.1, 0.15) is 5.76 Å². The first-order valence-corrected chi connectivity index (χ1v) is 10.5. The lowest BCUT2D eigenvalue weighted by molar-refractivity contribution is -0.140. The van der Waals surface area contributed by atoms with Gasteiger partial charge in [0, 0.05) is 36.6 Å². The molecular weight excluding hydrogens is 426 g/mol. The maximum absolute atomic E-state index is 13.1. The standard InChI is InChI=1S/C25H22ClN3O3/c1-28(2)20-12-8-16(9-13-20)22-21(23(30)17-6-10-18(26)11-7-17)24(31)25(32)29(22)15-19-5-3-4-14-27-19/h3-14,22,30H,15H2,1-2H3/b23-21-. The first-order valence-electron chi connectivity index (χ1n) is 10.1. The number of aromatic nitrogens is 1. The van der Waals surface area contributed by atoms with Gasteiger partial charge in [-0.25, -0.2) is 0 Å². The molecule has 1 saturated heterocycles. The number of amides is 1. The van der Waals surface area contributed by atoms with Gasteiger partial charge in [-0.2, -0.15) is 0 Å². The zero-order valence-electron chi connectivity index (χ0n) is 17.7. The summed E-state index contributed by atoms with van der Waals surface area (Å²) in [6.07, 6.45) is 1.64. The van der Waals surface area contributed by atoms with E-state index in [4.69, 9.17) is 11.6 Å². The number of carbonyl (C=O) groups excluding carboxylic acids is 2. The second kappa shape index (κ2) is 8.85. The molecule has 1 amide bonds. The number of aliphatic hydroxyl groups excluding tert-OH is 1. The molecule has 162 valence electrons. The van der Waals surface area contributed by atoms with Crippen LogP contribution in [0.5, 0.6) is 0 Å². The number of nitrogens with zero attached hydrogens (tertiary/aromatic N) is 3. The van der Waals surface area contributed by atoms with E-state index in [1.807, 2.05) is 49.3 Å². The van der Waals surface area contributed by atoms with Gasteiger partial charge in [-0.05, 0) is 54.1 Å². The summed E-state index contributed by atoms with van der Waals surface area (Å²) < 4.78 is 0. The molecule has 1 aliphatic rings. The van der Waals surface area contributed by atoms with Gasteiger partial charge < -0.3 is 14.9 Å². The molecule has 0 radical (unpaired) electrons. The van der Waals surface area contributed by atoms with E-state index in [0.29, 0.717) is 16.3 Å². The maximum atomic E-state index is 13.1. The molecule has 1 unspecified atom stereocenters. The van der Waals surface area contributed by atoms with E-state index in [9.17, 15) is 14.7 Å². The molecule has 0 aliphatic carbocycles. The lowest BCUT2D eigenvalue weighted by Crippen LogP contribution is -2.29. The highest BCUT2D eigenvalue weighted by atomic mass is 35.5. The van der Waals surface area contributed by atoms with Gasteiger partial charge in [0.15, 0.2) is 0 Å². The number of ketones is 1. The first-order chi connectivity index (χ1) is 15.4. The predicted octanol–water partition coefficient (Wildman–Crippen LogP) is 4.42. The summed E-state index contributed by atoms with van der Waals surface area (Å²) in [6.45, 7) is 0.142. The molecule has 6 nitrogen and oxygen atoms in total. The number of rotatable bonds is 5. The highest BCUT2D eigenvalue weighted by Gasteiger charge is 2.46. The largest absolute Gasteiger partial charge is 0.507 e. The van der Waals surface area contributed by atoms with E-state index in [0.717, 1.165) is 11.3 Å². The molecule has 7 heteroatoms. The van der Waals surface area contributed by atoms with Gasteiger partial charge in [0.25, 0.3) is 11.7 Å². The van der Waals surface area contributed by atoms with E-state index in [-0.39, 0.29) is 17.9 Å². The Morgan fingerprint density at radius 3 is 2.31 bits per heavy atom. The summed E-state index contributed by atoms with van der Waals surface area (Å²) in [5.41, 5.74) is 2.82. The third-order valence-electron chi connectivity index (χ3n) is 5.44. The number of hydrogen-bond donors (Lipinski definition) is 1. The van der Waals surface area contributed by atoms with Crippen LogP contribution in [0.25, 0.3) is 5.76 Å². The minimum Gasteiger partial charge on any atom is -0.507 e. The summed E-state index contributed by atoms with van der Waals surface area (Å²) in [5, 5.41) is 11.6. The van der Waals surface area contributed by atoms with Crippen molar-refractivity contribution in [3.05, 3.63) is 100 Å². The van der Waals surface area contributed by atoms with Crippen molar-refractivity contribution in [3.8, 4) is 0 Å². The molecule has 2 heterocycles. The normalized spacial score (nSPS) is 17.6. The highest BCUT2D eigenvalue weighted by molar-refractivity contribution is 6.46. The molecule has 32 heavy (non-hydrogen) atoms. The molecule has 4 rings (SSSR count). The van der Waals surface area contributed by atoms with Crippen LogP contribution in [-0.4, -0.2) is 40.8 Å². The van der Waals surface area contributed by atoms with Gasteiger partial charge in [0.2, 0.25) is 0 Å². The van der Waals surface area contributed by atoms with Crippen molar-refractivity contribution in [2.45, 2.75) is 12.6 Å². The van der Waals surface area contributed by atoms with Gasteiger partial charge in [-0.3, -0.25) is 14.6 Å². The number of likely N-dealkylation sites (tertiary alicyclic amines) is 1. The van der Waals surface area contributed by atoms with Crippen LogP contribution in [0.4, 0.5) is 5.69 Å². The molecule has 1 N–H and O–H groups in total. The predicted molar refractivity (Wildman–Crippen MR) is 124 cm³/mol. The number of aliphatic hydroxyl groups is 1. The summed E-state index contributed by atoms with van der Waals surface area (Å²) in [4.78, 5) is 33.8. The average molecular weight is 448 g/mol. The van der Waals surface area contributed by atoms with Gasteiger partial charge in [0.05, 0.1) is 23.9 Å². The Labute approximate surface area is 191 Å². The minimum absolute atomic E-state index is 0.0471. The highest BCUT2D eigenvalue weighted by Crippen LogP contribution is 2.40. The molecule has 2 aromatic carbocycles. The zero-order chi connectivity index (χ0) is 22.8. The molecule has 0 spiro atoms. The van der Waals surface area contributed by atoms with Crippen LogP contribution in [0.15, 0.2) is 78.5 Å². The Morgan fingerprint density at radius 1 is 1.03 bits per heavy atom. The molecule has 1 aromatic heterocycles. The van der Waals surface area contributed by atoms with E-state index in [1.54, 1.807) is 42.6 Å². The maximum Gasteiger partial charge on any atom is 0.296 e. The van der Waals surface area contributed by atoms with Crippen molar-refractivity contribution in [3.63, 3.8) is 0 Å². The second-order valence-electron chi connectivity index (χ2n) is 7.74. The van der Waals surface area contributed by atoms with Crippen molar-refractivity contribution in [2.24, 2.45) is 0 Å². The van der Waals surface area contributed by atoms with Crippen LogP contribution in [0.3, 0.4) is 0 Å². The SMILES string of the molecule is CN(C)c1ccc(C2/C(=C(/O)c3ccc(Cl)cc3)C(=O)C(=O)N2Cc2ccccn2)cc1. The molecule has 0 saturated carbocycles. The third-order valence-corrected chi connectivity index (χ3v) is 5.69. The molecule has 1 atom stereocenters. The Kier molecular flexibility index (Phi) is 5.97. The zero-order valence-corrected chi connectivity index (χ0v) is 18.5. The van der Waals surface area contributed by atoms with Gasteiger partial charge in [-0.1, -0.05) is 29.8 Å². The lowest BCUT2D eigenvalue weighted by Gasteiger charge is -2.25. The van der Waals surface area contributed by atoms with Crippen LogP contribution in [-0.2, 0) is 16.1 Å². The van der Waals surface area contributed by atoms with E-state index in [2.05, 4.69) is 4.98 Å². The van der Waals surface area contributed by atoms with Crippen molar-refractivity contribution >= 4 is 34.7 Å². The Balaban J connectivity index is 1.84. The third kappa shape index (κ3) is 4.09. The summed E-state index contributed by atoms with van der Waals surface area (Å²) in [7, 11) is 3.87. The number of benzene rings is 2. The summed E-state index contributed by atoms with van der Waals surface area (Å²) in [5.74, 6) is -1.63. The Bertz CT molecular complexity index is 1170. The minimum atomic E-state index is -0.746. The molecule has 0 bridgehead atoms. The molecule has 3 aromatic rings. The number of pyridine rings is 1.